The molecule has 0 amide bonds. The van der Waals surface area contributed by atoms with Crippen molar-refractivity contribution in [1.82, 2.24) is 9.97 Å². The number of anilines is 1. The van der Waals surface area contributed by atoms with Crippen LogP contribution in [0.4, 0.5) is 5.82 Å². The van der Waals surface area contributed by atoms with Crippen molar-refractivity contribution in [2.45, 2.75) is 0 Å². The number of rotatable bonds is 2. The van der Waals surface area contributed by atoms with Gasteiger partial charge in [0, 0.05) is 11.5 Å². The van der Waals surface area contributed by atoms with E-state index in [0.717, 1.165) is 10.9 Å². The zero-order valence-electron chi connectivity index (χ0n) is 7.69. The van der Waals surface area contributed by atoms with Crippen LogP contribution in [0.25, 0.3) is 10.9 Å². The Morgan fingerprint density at radius 3 is 3.00 bits per heavy atom. The highest BCUT2D eigenvalue weighted by atomic mass is 16.5. The van der Waals surface area contributed by atoms with Gasteiger partial charge in [-0.3, -0.25) is 0 Å². The van der Waals surface area contributed by atoms with E-state index in [0.29, 0.717) is 11.7 Å². The fourth-order valence-corrected chi connectivity index (χ4v) is 1.20. The topological polar surface area (TPSA) is 73.1 Å². The number of aromatic nitrogens is 2. The molecule has 2 aromatic heterocycles. The van der Waals surface area contributed by atoms with E-state index >= 15 is 0 Å². The zero-order valence-corrected chi connectivity index (χ0v) is 7.69. The van der Waals surface area contributed by atoms with Crippen molar-refractivity contribution in [3.8, 4) is 5.88 Å². The standard InChI is InChI=1S/C9H10N4O/c1-14-9-4-6-2-3-8(13-10)12-7(6)5-11-9/h2-5H,10H2,1H3,(H,12,13). The Bertz CT molecular complexity index is 414. The van der Waals surface area contributed by atoms with Gasteiger partial charge in [-0.1, -0.05) is 0 Å². The van der Waals surface area contributed by atoms with Crippen LogP contribution in [0.2, 0.25) is 0 Å². The molecular formula is C9H10N4O. The molecule has 0 fully saturated rings. The number of hydrogen-bond acceptors (Lipinski definition) is 5. The quantitative estimate of drug-likeness (QED) is 0.544. The Balaban J connectivity index is 2.57. The minimum Gasteiger partial charge on any atom is -0.481 e. The summed E-state index contributed by atoms with van der Waals surface area (Å²) in [7, 11) is 1.58. The van der Waals surface area contributed by atoms with E-state index in [1.165, 1.54) is 0 Å². The largest absolute Gasteiger partial charge is 0.481 e. The molecule has 5 heteroatoms. The molecule has 0 spiro atoms. The lowest BCUT2D eigenvalue weighted by Gasteiger charge is -2.02. The molecule has 2 heterocycles. The highest BCUT2D eigenvalue weighted by Crippen LogP contribution is 2.17. The minimum atomic E-state index is 0.577. The van der Waals surface area contributed by atoms with Crippen LogP contribution in [0.15, 0.2) is 24.4 Å². The summed E-state index contributed by atoms with van der Waals surface area (Å²) in [5.74, 6) is 6.43. The lowest BCUT2D eigenvalue weighted by Crippen LogP contribution is -2.08. The van der Waals surface area contributed by atoms with Crippen molar-refractivity contribution in [3.05, 3.63) is 24.4 Å². The zero-order chi connectivity index (χ0) is 9.97. The molecule has 72 valence electrons. The maximum absolute atomic E-state index is 5.24. The Morgan fingerprint density at radius 2 is 2.29 bits per heavy atom. The highest BCUT2D eigenvalue weighted by Gasteiger charge is 1.99. The van der Waals surface area contributed by atoms with Gasteiger partial charge in [0.1, 0.15) is 5.82 Å². The number of ether oxygens (including phenoxy) is 1. The van der Waals surface area contributed by atoms with Crippen molar-refractivity contribution in [1.29, 1.82) is 0 Å². The third kappa shape index (κ3) is 1.45. The smallest absolute Gasteiger partial charge is 0.213 e. The number of nitrogens with one attached hydrogen (secondary N) is 1. The number of pyridine rings is 2. The van der Waals surface area contributed by atoms with Gasteiger partial charge in [-0.05, 0) is 12.1 Å². The van der Waals surface area contributed by atoms with Gasteiger partial charge in [0.2, 0.25) is 5.88 Å². The van der Waals surface area contributed by atoms with Gasteiger partial charge >= 0.3 is 0 Å². The van der Waals surface area contributed by atoms with Gasteiger partial charge in [0.15, 0.2) is 0 Å². The van der Waals surface area contributed by atoms with Crippen molar-refractivity contribution in [2.75, 3.05) is 12.5 Å². The van der Waals surface area contributed by atoms with Gasteiger partial charge in [-0.15, -0.1) is 0 Å². The van der Waals surface area contributed by atoms with Crippen LogP contribution in [0.5, 0.6) is 5.88 Å². The Kier molecular flexibility index (Phi) is 2.16. The Morgan fingerprint density at radius 1 is 1.43 bits per heavy atom. The van der Waals surface area contributed by atoms with Crippen molar-refractivity contribution in [2.24, 2.45) is 5.84 Å². The lowest BCUT2D eigenvalue weighted by atomic mass is 10.2. The number of nitrogens with zero attached hydrogens (tertiary/aromatic N) is 2. The number of methoxy groups -OCH3 is 1. The number of hydrogen-bond donors (Lipinski definition) is 2. The first-order chi connectivity index (χ1) is 6.83. The van der Waals surface area contributed by atoms with Gasteiger partial charge in [-0.25, -0.2) is 15.8 Å². The molecule has 0 aliphatic heterocycles. The first-order valence-corrected chi connectivity index (χ1v) is 4.11. The predicted molar refractivity (Wildman–Crippen MR) is 53.9 cm³/mol. The summed E-state index contributed by atoms with van der Waals surface area (Å²) in [4.78, 5) is 8.26. The van der Waals surface area contributed by atoms with Crippen LogP contribution in [0.3, 0.4) is 0 Å². The van der Waals surface area contributed by atoms with Crippen LogP contribution < -0.4 is 16.0 Å². The highest BCUT2D eigenvalue weighted by molar-refractivity contribution is 5.80. The van der Waals surface area contributed by atoms with Crippen LogP contribution in [-0.4, -0.2) is 17.1 Å². The summed E-state index contributed by atoms with van der Waals surface area (Å²) in [6, 6.07) is 5.52. The SMILES string of the molecule is COc1cc2ccc(NN)nc2cn1. The predicted octanol–water partition coefficient (Wildman–Crippen LogP) is 0.924. The van der Waals surface area contributed by atoms with E-state index in [-0.39, 0.29) is 0 Å². The lowest BCUT2D eigenvalue weighted by molar-refractivity contribution is 0.398. The number of fused-ring (bicyclic) bond motifs is 1. The minimum absolute atomic E-state index is 0.577. The molecule has 0 saturated carbocycles. The fraction of sp³-hybridized carbons (Fsp3) is 0.111. The molecule has 0 saturated heterocycles. The molecule has 2 rings (SSSR count). The molecule has 0 radical (unpaired) electrons. The summed E-state index contributed by atoms with van der Waals surface area (Å²) in [5.41, 5.74) is 3.26. The van der Waals surface area contributed by atoms with E-state index in [4.69, 9.17) is 10.6 Å². The second-order valence-electron chi connectivity index (χ2n) is 2.76. The first-order valence-electron chi connectivity index (χ1n) is 4.11. The van der Waals surface area contributed by atoms with E-state index < -0.39 is 0 Å². The van der Waals surface area contributed by atoms with Gasteiger partial charge in [-0.2, -0.15) is 0 Å². The maximum atomic E-state index is 5.24. The van der Waals surface area contributed by atoms with E-state index in [9.17, 15) is 0 Å². The molecule has 0 aliphatic carbocycles. The van der Waals surface area contributed by atoms with Crippen LogP contribution in [-0.2, 0) is 0 Å². The second kappa shape index (κ2) is 3.47. The number of nitrogens with two attached hydrogens (primary N) is 1. The third-order valence-electron chi connectivity index (χ3n) is 1.91. The summed E-state index contributed by atoms with van der Waals surface area (Å²) in [6.45, 7) is 0. The van der Waals surface area contributed by atoms with Crippen molar-refractivity contribution in [3.63, 3.8) is 0 Å². The van der Waals surface area contributed by atoms with Gasteiger partial charge in [0.25, 0.3) is 0 Å². The van der Waals surface area contributed by atoms with Crippen molar-refractivity contribution >= 4 is 16.7 Å². The number of nitrogen functional groups attached to an aromatic ring is 1. The molecule has 5 nitrogen and oxygen atoms in total. The van der Waals surface area contributed by atoms with Gasteiger partial charge in [0.05, 0.1) is 18.8 Å². The molecule has 3 N–H and O–H groups in total. The number of hydrazine groups is 1. The molecular weight excluding hydrogens is 180 g/mol. The monoisotopic (exact) mass is 190 g/mol. The van der Waals surface area contributed by atoms with Crippen LogP contribution >= 0.6 is 0 Å². The fourth-order valence-electron chi connectivity index (χ4n) is 1.20. The van der Waals surface area contributed by atoms with Crippen LogP contribution in [0, 0.1) is 0 Å². The maximum Gasteiger partial charge on any atom is 0.213 e. The second-order valence-corrected chi connectivity index (χ2v) is 2.76. The molecule has 0 bridgehead atoms. The average Bonchev–Trinajstić information content (AvgIpc) is 2.27. The molecule has 0 aliphatic rings. The van der Waals surface area contributed by atoms with Crippen molar-refractivity contribution < 1.29 is 4.74 Å². The van der Waals surface area contributed by atoms with Crippen LogP contribution in [0.1, 0.15) is 0 Å². The molecule has 2 aromatic rings. The average molecular weight is 190 g/mol. The summed E-state index contributed by atoms with van der Waals surface area (Å²) in [6.07, 6.45) is 1.65. The Hall–Kier alpha value is -1.88. The molecule has 14 heavy (non-hydrogen) atoms. The summed E-state index contributed by atoms with van der Waals surface area (Å²) in [5, 5.41) is 0.968. The summed E-state index contributed by atoms with van der Waals surface area (Å²) < 4.78 is 5.00. The van der Waals surface area contributed by atoms with E-state index in [1.54, 1.807) is 19.4 Å². The van der Waals surface area contributed by atoms with Gasteiger partial charge < -0.3 is 10.2 Å². The molecule has 0 atom stereocenters. The Labute approximate surface area is 80.9 Å². The van der Waals surface area contributed by atoms with E-state index in [1.807, 2.05) is 12.1 Å². The van der Waals surface area contributed by atoms with E-state index in [2.05, 4.69) is 15.4 Å². The normalized spacial score (nSPS) is 10.1. The first kappa shape index (κ1) is 8.71. The molecule has 0 aromatic carbocycles. The summed E-state index contributed by atoms with van der Waals surface area (Å²) >= 11 is 0. The third-order valence-corrected chi connectivity index (χ3v) is 1.91. The molecule has 0 unspecified atom stereocenters.